The van der Waals surface area contributed by atoms with Gasteiger partial charge in [-0.15, -0.1) is 0 Å². The molecular weight excluding hydrogens is 198 g/mol. The van der Waals surface area contributed by atoms with Gasteiger partial charge in [-0.2, -0.15) is 0 Å². The van der Waals surface area contributed by atoms with Crippen molar-refractivity contribution in [2.45, 2.75) is 26.8 Å². The summed E-state index contributed by atoms with van der Waals surface area (Å²) in [6.45, 7) is 10.5. The number of hydrogen-bond donors (Lipinski definition) is 1. The van der Waals surface area contributed by atoms with E-state index in [4.69, 9.17) is 4.74 Å². The minimum absolute atomic E-state index is 0.589. The Morgan fingerprint density at radius 1 is 1.44 bits per heavy atom. The number of rotatable bonds is 7. The van der Waals surface area contributed by atoms with E-state index in [1.165, 1.54) is 5.56 Å². The summed E-state index contributed by atoms with van der Waals surface area (Å²) in [4.78, 5) is 0. The molecule has 88 valence electrons. The standard InChI is InChI=1S/C14H21NO/c1-4-8-15-10-13-6-5-7-14(9-13)16-11-12(2)3/h5-7,9,15H,2,4,8,10-11H2,1,3H3. The van der Waals surface area contributed by atoms with Crippen molar-refractivity contribution >= 4 is 0 Å². The van der Waals surface area contributed by atoms with Crippen LogP contribution in [-0.2, 0) is 6.54 Å². The second-order valence-electron chi connectivity index (χ2n) is 4.07. The average Bonchev–Trinajstić information content (AvgIpc) is 2.27. The molecule has 0 saturated carbocycles. The maximum Gasteiger partial charge on any atom is 0.120 e. The molecule has 1 aromatic rings. The first-order chi connectivity index (χ1) is 7.72. The molecule has 0 heterocycles. The molecule has 1 aromatic carbocycles. The zero-order chi connectivity index (χ0) is 11.8. The zero-order valence-electron chi connectivity index (χ0n) is 10.3. The molecule has 0 fully saturated rings. The number of ether oxygens (including phenoxy) is 1. The molecule has 0 saturated heterocycles. The Morgan fingerprint density at radius 2 is 2.25 bits per heavy atom. The molecule has 16 heavy (non-hydrogen) atoms. The fourth-order valence-corrected chi connectivity index (χ4v) is 1.36. The van der Waals surface area contributed by atoms with E-state index in [-0.39, 0.29) is 0 Å². The van der Waals surface area contributed by atoms with E-state index in [9.17, 15) is 0 Å². The van der Waals surface area contributed by atoms with Crippen molar-refractivity contribution in [3.05, 3.63) is 42.0 Å². The van der Waals surface area contributed by atoms with Crippen molar-refractivity contribution in [3.63, 3.8) is 0 Å². The smallest absolute Gasteiger partial charge is 0.120 e. The molecule has 0 radical (unpaired) electrons. The number of hydrogen-bond acceptors (Lipinski definition) is 2. The zero-order valence-corrected chi connectivity index (χ0v) is 10.3. The summed E-state index contributed by atoms with van der Waals surface area (Å²) in [7, 11) is 0. The minimum atomic E-state index is 0.589. The molecule has 0 bridgehead atoms. The highest BCUT2D eigenvalue weighted by atomic mass is 16.5. The SMILES string of the molecule is C=C(C)COc1cccc(CNCCC)c1. The Bertz CT molecular complexity index is 333. The molecule has 0 atom stereocenters. The van der Waals surface area contributed by atoms with Gasteiger partial charge in [-0.05, 0) is 43.2 Å². The second-order valence-corrected chi connectivity index (χ2v) is 4.07. The highest BCUT2D eigenvalue weighted by Crippen LogP contribution is 2.13. The summed E-state index contributed by atoms with van der Waals surface area (Å²) < 4.78 is 5.59. The summed E-state index contributed by atoms with van der Waals surface area (Å²) in [5.41, 5.74) is 2.29. The van der Waals surface area contributed by atoms with Gasteiger partial charge in [-0.1, -0.05) is 25.6 Å². The van der Waals surface area contributed by atoms with Crippen LogP contribution >= 0.6 is 0 Å². The van der Waals surface area contributed by atoms with Gasteiger partial charge in [0.1, 0.15) is 12.4 Å². The first-order valence-corrected chi connectivity index (χ1v) is 5.79. The lowest BCUT2D eigenvalue weighted by atomic mass is 10.2. The maximum absolute atomic E-state index is 5.59. The Labute approximate surface area is 98.3 Å². The van der Waals surface area contributed by atoms with E-state index in [0.29, 0.717) is 6.61 Å². The van der Waals surface area contributed by atoms with E-state index in [1.54, 1.807) is 0 Å². The minimum Gasteiger partial charge on any atom is -0.489 e. The quantitative estimate of drug-likeness (QED) is 0.562. The topological polar surface area (TPSA) is 21.3 Å². The lowest BCUT2D eigenvalue weighted by molar-refractivity contribution is 0.352. The molecule has 0 spiro atoms. The van der Waals surface area contributed by atoms with Crippen LogP contribution in [0.4, 0.5) is 0 Å². The molecule has 0 aliphatic carbocycles. The van der Waals surface area contributed by atoms with Gasteiger partial charge in [0.15, 0.2) is 0 Å². The molecule has 2 heteroatoms. The van der Waals surface area contributed by atoms with Crippen molar-refractivity contribution < 1.29 is 4.74 Å². The highest BCUT2D eigenvalue weighted by molar-refractivity contribution is 5.28. The third-order valence-corrected chi connectivity index (χ3v) is 2.14. The summed E-state index contributed by atoms with van der Waals surface area (Å²) >= 11 is 0. The number of nitrogens with one attached hydrogen (secondary N) is 1. The fraction of sp³-hybridized carbons (Fsp3) is 0.429. The number of benzene rings is 1. The van der Waals surface area contributed by atoms with Crippen LogP contribution in [0.25, 0.3) is 0 Å². The van der Waals surface area contributed by atoms with Gasteiger partial charge < -0.3 is 10.1 Å². The lowest BCUT2D eigenvalue weighted by Crippen LogP contribution is -2.13. The van der Waals surface area contributed by atoms with Crippen molar-refractivity contribution in [2.75, 3.05) is 13.2 Å². The van der Waals surface area contributed by atoms with Crippen molar-refractivity contribution in [1.82, 2.24) is 5.32 Å². The lowest BCUT2D eigenvalue weighted by Gasteiger charge is -2.08. The van der Waals surface area contributed by atoms with Crippen LogP contribution in [0.3, 0.4) is 0 Å². The predicted octanol–water partition coefficient (Wildman–Crippen LogP) is 3.14. The summed E-state index contributed by atoms with van der Waals surface area (Å²) in [5.74, 6) is 0.916. The molecule has 2 nitrogen and oxygen atoms in total. The Morgan fingerprint density at radius 3 is 2.94 bits per heavy atom. The van der Waals surface area contributed by atoms with Gasteiger partial charge in [-0.3, -0.25) is 0 Å². The molecule has 0 aliphatic rings. The van der Waals surface area contributed by atoms with Crippen LogP contribution in [0.15, 0.2) is 36.4 Å². The molecular formula is C14H21NO. The summed E-state index contributed by atoms with van der Waals surface area (Å²) in [6.07, 6.45) is 1.16. The van der Waals surface area contributed by atoms with E-state index in [0.717, 1.165) is 30.8 Å². The van der Waals surface area contributed by atoms with E-state index < -0.39 is 0 Å². The summed E-state index contributed by atoms with van der Waals surface area (Å²) in [6, 6.07) is 8.19. The van der Waals surface area contributed by atoms with Crippen LogP contribution < -0.4 is 10.1 Å². The van der Waals surface area contributed by atoms with Crippen molar-refractivity contribution in [1.29, 1.82) is 0 Å². The van der Waals surface area contributed by atoms with Gasteiger partial charge >= 0.3 is 0 Å². The third-order valence-electron chi connectivity index (χ3n) is 2.14. The monoisotopic (exact) mass is 219 g/mol. The fourth-order valence-electron chi connectivity index (χ4n) is 1.36. The van der Waals surface area contributed by atoms with Gasteiger partial charge in [0.05, 0.1) is 0 Å². The van der Waals surface area contributed by atoms with Crippen molar-refractivity contribution in [2.24, 2.45) is 0 Å². The van der Waals surface area contributed by atoms with E-state index in [1.807, 2.05) is 19.1 Å². The second kappa shape index (κ2) is 7.07. The molecule has 0 aliphatic heterocycles. The summed E-state index contributed by atoms with van der Waals surface area (Å²) in [5, 5.41) is 3.37. The predicted molar refractivity (Wildman–Crippen MR) is 68.7 cm³/mol. The Hall–Kier alpha value is -1.28. The Balaban J connectivity index is 2.46. The molecule has 1 rings (SSSR count). The normalized spacial score (nSPS) is 10.1. The highest BCUT2D eigenvalue weighted by Gasteiger charge is 1.96. The van der Waals surface area contributed by atoms with Gasteiger partial charge in [-0.25, -0.2) is 0 Å². The molecule has 0 unspecified atom stereocenters. The maximum atomic E-state index is 5.59. The van der Waals surface area contributed by atoms with Crippen molar-refractivity contribution in [3.8, 4) is 5.75 Å². The van der Waals surface area contributed by atoms with E-state index in [2.05, 4.69) is 31.0 Å². The largest absolute Gasteiger partial charge is 0.489 e. The van der Waals surface area contributed by atoms with E-state index >= 15 is 0 Å². The van der Waals surface area contributed by atoms with Gasteiger partial charge in [0.2, 0.25) is 0 Å². The first kappa shape index (κ1) is 12.8. The van der Waals surface area contributed by atoms with Crippen LogP contribution in [0.1, 0.15) is 25.8 Å². The molecule has 0 amide bonds. The van der Waals surface area contributed by atoms with Crippen LogP contribution in [-0.4, -0.2) is 13.2 Å². The van der Waals surface area contributed by atoms with Crippen LogP contribution in [0, 0.1) is 0 Å². The first-order valence-electron chi connectivity index (χ1n) is 5.79. The van der Waals surface area contributed by atoms with Crippen LogP contribution in [0.2, 0.25) is 0 Å². The average molecular weight is 219 g/mol. The Kier molecular flexibility index (Phi) is 5.65. The van der Waals surface area contributed by atoms with Gasteiger partial charge in [0, 0.05) is 6.54 Å². The molecule has 0 aromatic heterocycles. The molecule has 1 N–H and O–H groups in total. The van der Waals surface area contributed by atoms with Crippen LogP contribution in [0.5, 0.6) is 5.75 Å². The van der Waals surface area contributed by atoms with Gasteiger partial charge in [0.25, 0.3) is 0 Å². The third kappa shape index (κ3) is 4.99.